The molecule has 2 aliphatic heterocycles. The van der Waals surface area contributed by atoms with Gasteiger partial charge in [0.15, 0.2) is 0 Å². The SMILES string of the molecule is CC(CNC1CC1)CN1CC2CCCN2CC1C. The van der Waals surface area contributed by atoms with Gasteiger partial charge in [-0.05, 0) is 51.6 Å². The molecule has 3 nitrogen and oxygen atoms in total. The molecule has 2 saturated heterocycles. The van der Waals surface area contributed by atoms with Crippen molar-refractivity contribution < 1.29 is 0 Å². The van der Waals surface area contributed by atoms with Crippen LogP contribution in [0.2, 0.25) is 0 Å². The molecule has 0 spiro atoms. The lowest BCUT2D eigenvalue weighted by Gasteiger charge is -2.43. The van der Waals surface area contributed by atoms with Crippen molar-refractivity contribution in [2.75, 3.05) is 32.7 Å². The van der Waals surface area contributed by atoms with Crippen molar-refractivity contribution in [3.8, 4) is 0 Å². The predicted octanol–water partition coefficient (Wildman–Crippen LogP) is 1.54. The van der Waals surface area contributed by atoms with Crippen LogP contribution in [0.3, 0.4) is 0 Å². The molecule has 0 bridgehead atoms. The number of nitrogens with zero attached hydrogens (tertiary/aromatic N) is 2. The lowest BCUT2D eigenvalue weighted by atomic mass is 10.0. The molecule has 0 aromatic carbocycles. The van der Waals surface area contributed by atoms with Crippen LogP contribution >= 0.6 is 0 Å². The van der Waals surface area contributed by atoms with Gasteiger partial charge < -0.3 is 5.32 Å². The molecule has 3 unspecified atom stereocenters. The zero-order valence-electron chi connectivity index (χ0n) is 12.1. The Morgan fingerprint density at radius 3 is 2.83 bits per heavy atom. The highest BCUT2D eigenvalue weighted by Crippen LogP contribution is 2.25. The standard InChI is InChI=1S/C15H29N3/c1-12(8-16-14-5-6-14)9-18-11-15-4-3-7-17(15)10-13(18)2/h12-16H,3-11H2,1-2H3. The third-order valence-corrected chi connectivity index (χ3v) is 4.94. The minimum absolute atomic E-state index is 0.753. The van der Waals surface area contributed by atoms with E-state index in [1.54, 1.807) is 0 Å². The first-order chi connectivity index (χ1) is 8.72. The van der Waals surface area contributed by atoms with Crippen LogP contribution in [0.5, 0.6) is 0 Å². The predicted molar refractivity (Wildman–Crippen MR) is 75.8 cm³/mol. The molecular weight excluding hydrogens is 222 g/mol. The molecule has 3 atom stereocenters. The average Bonchev–Trinajstić information content (AvgIpc) is 3.07. The van der Waals surface area contributed by atoms with Gasteiger partial charge in [-0.15, -0.1) is 0 Å². The minimum atomic E-state index is 0.753. The monoisotopic (exact) mass is 251 g/mol. The Labute approximate surface area is 112 Å². The normalized spacial score (nSPS) is 35.7. The summed E-state index contributed by atoms with van der Waals surface area (Å²) < 4.78 is 0. The number of hydrogen-bond donors (Lipinski definition) is 1. The second-order valence-corrected chi connectivity index (χ2v) is 6.88. The van der Waals surface area contributed by atoms with Crippen molar-refractivity contribution in [1.29, 1.82) is 0 Å². The van der Waals surface area contributed by atoms with E-state index < -0.39 is 0 Å². The third-order valence-electron chi connectivity index (χ3n) is 4.94. The smallest absolute Gasteiger partial charge is 0.0224 e. The summed E-state index contributed by atoms with van der Waals surface area (Å²) in [4.78, 5) is 5.46. The maximum Gasteiger partial charge on any atom is 0.0224 e. The molecular formula is C15H29N3. The first kappa shape index (κ1) is 12.9. The molecule has 2 heterocycles. The molecule has 3 aliphatic rings. The van der Waals surface area contributed by atoms with Gasteiger partial charge in [0.2, 0.25) is 0 Å². The van der Waals surface area contributed by atoms with Gasteiger partial charge in [-0.1, -0.05) is 6.92 Å². The molecule has 104 valence electrons. The molecule has 0 aromatic rings. The molecule has 0 amide bonds. The van der Waals surface area contributed by atoms with Crippen LogP contribution in [-0.4, -0.2) is 60.6 Å². The van der Waals surface area contributed by atoms with Crippen LogP contribution in [0.15, 0.2) is 0 Å². The first-order valence-electron chi connectivity index (χ1n) is 7.94. The summed E-state index contributed by atoms with van der Waals surface area (Å²) in [5.74, 6) is 0.793. The Hall–Kier alpha value is -0.120. The van der Waals surface area contributed by atoms with Gasteiger partial charge in [0, 0.05) is 37.8 Å². The van der Waals surface area contributed by atoms with Gasteiger partial charge in [-0.3, -0.25) is 9.80 Å². The van der Waals surface area contributed by atoms with Gasteiger partial charge in [-0.25, -0.2) is 0 Å². The molecule has 3 heteroatoms. The molecule has 1 N–H and O–H groups in total. The fraction of sp³-hybridized carbons (Fsp3) is 1.00. The minimum Gasteiger partial charge on any atom is -0.314 e. The summed E-state index contributed by atoms with van der Waals surface area (Å²) in [6.45, 7) is 11.3. The van der Waals surface area contributed by atoms with Crippen molar-refractivity contribution >= 4 is 0 Å². The molecule has 0 aromatic heterocycles. The Morgan fingerprint density at radius 2 is 2.06 bits per heavy atom. The number of hydrogen-bond acceptors (Lipinski definition) is 3. The highest BCUT2D eigenvalue weighted by molar-refractivity contribution is 4.91. The van der Waals surface area contributed by atoms with Crippen LogP contribution in [0.4, 0.5) is 0 Å². The number of rotatable bonds is 5. The summed E-state index contributed by atoms with van der Waals surface area (Å²) >= 11 is 0. The van der Waals surface area contributed by atoms with Crippen molar-refractivity contribution in [2.24, 2.45) is 5.92 Å². The Balaban J connectivity index is 1.45. The van der Waals surface area contributed by atoms with Crippen molar-refractivity contribution in [1.82, 2.24) is 15.1 Å². The van der Waals surface area contributed by atoms with Crippen LogP contribution in [-0.2, 0) is 0 Å². The van der Waals surface area contributed by atoms with Gasteiger partial charge in [0.25, 0.3) is 0 Å². The lowest BCUT2D eigenvalue weighted by Crippen LogP contribution is -2.56. The van der Waals surface area contributed by atoms with E-state index in [2.05, 4.69) is 29.0 Å². The molecule has 1 saturated carbocycles. The summed E-state index contributed by atoms with van der Waals surface area (Å²) in [6, 6.07) is 2.48. The fourth-order valence-corrected chi connectivity index (χ4v) is 3.62. The van der Waals surface area contributed by atoms with Gasteiger partial charge in [0.1, 0.15) is 0 Å². The van der Waals surface area contributed by atoms with Crippen LogP contribution in [0, 0.1) is 5.92 Å². The van der Waals surface area contributed by atoms with Gasteiger partial charge in [0.05, 0.1) is 0 Å². The van der Waals surface area contributed by atoms with E-state index in [0.29, 0.717) is 0 Å². The van der Waals surface area contributed by atoms with E-state index in [1.165, 1.54) is 58.4 Å². The van der Waals surface area contributed by atoms with Crippen LogP contribution in [0.1, 0.15) is 39.5 Å². The topological polar surface area (TPSA) is 18.5 Å². The number of nitrogens with one attached hydrogen (secondary N) is 1. The number of fused-ring (bicyclic) bond motifs is 1. The van der Waals surface area contributed by atoms with E-state index in [0.717, 1.165) is 24.0 Å². The van der Waals surface area contributed by atoms with E-state index in [-0.39, 0.29) is 0 Å². The largest absolute Gasteiger partial charge is 0.314 e. The fourth-order valence-electron chi connectivity index (χ4n) is 3.62. The van der Waals surface area contributed by atoms with Gasteiger partial charge >= 0.3 is 0 Å². The molecule has 3 rings (SSSR count). The second kappa shape index (κ2) is 5.48. The quantitative estimate of drug-likeness (QED) is 0.800. The molecule has 0 radical (unpaired) electrons. The maximum atomic E-state index is 3.67. The third kappa shape index (κ3) is 3.06. The number of piperazine rings is 1. The van der Waals surface area contributed by atoms with E-state index in [9.17, 15) is 0 Å². The first-order valence-corrected chi connectivity index (χ1v) is 7.94. The highest BCUT2D eigenvalue weighted by Gasteiger charge is 2.34. The summed E-state index contributed by atoms with van der Waals surface area (Å²) in [5.41, 5.74) is 0. The van der Waals surface area contributed by atoms with E-state index in [4.69, 9.17) is 0 Å². The lowest BCUT2D eigenvalue weighted by molar-refractivity contribution is 0.0498. The van der Waals surface area contributed by atoms with Crippen molar-refractivity contribution in [3.05, 3.63) is 0 Å². The summed E-state index contributed by atoms with van der Waals surface area (Å²) in [5, 5.41) is 3.67. The Morgan fingerprint density at radius 1 is 1.22 bits per heavy atom. The second-order valence-electron chi connectivity index (χ2n) is 6.88. The van der Waals surface area contributed by atoms with Crippen LogP contribution in [0.25, 0.3) is 0 Å². The van der Waals surface area contributed by atoms with Crippen LogP contribution < -0.4 is 5.32 Å². The van der Waals surface area contributed by atoms with Gasteiger partial charge in [-0.2, -0.15) is 0 Å². The Kier molecular flexibility index (Phi) is 3.92. The Bertz CT molecular complexity index is 277. The van der Waals surface area contributed by atoms with Crippen molar-refractivity contribution in [3.63, 3.8) is 0 Å². The molecule has 3 fully saturated rings. The average molecular weight is 251 g/mol. The van der Waals surface area contributed by atoms with E-state index >= 15 is 0 Å². The highest BCUT2D eigenvalue weighted by atomic mass is 15.3. The maximum absolute atomic E-state index is 3.67. The zero-order chi connectivity index (χ0) is 12.5. The zero-order valence-corrected chi connectivity index (χ0v) is 12.1. The summed E-state index contributed by atoms with van der Waals surface area (Å²) in [7, 11) is 0. The molecule has 1 aliphatic carbocycles. The van der Waals surface area contributed by atoms with Crippen molar-refractivity contribution in [2.45, 2.75) is 57.7 Å². The van der Waals surface area contributed by atoms with E-state index in [1.807, 2.05) is 0 Å². The molecule has 18 heavy (non-hydrogen) atoms. The summed E-state index contributed by atoms with van der Waals surface area (Å²) in [6.07, 6.45) is 5.66.